The van der Waals surface area contributed by atoms with Crippen LogP contribution in [0.25, 0.3) is 0 Å². The maximum absolute atomic E-state index is 13.5. The van der Waals surface area contributed by atoms with Crippen molar-refractivity contribution in [2.24, 2.45) is 5.73 Å². The molecule has 15 heavy (non-hydrogen) atoms. The highest BCUT2D eigenvalue weighted by molar-refractivity contribution is 6.31. The summed E-state index contributed by atoms with van der Waals surface area (Å²) in [6.45, 7) is 1.24. The molecule has 5 heteroatoms. The van der Waals surface area contributed by atoms with Crippen molar-refractivity contribution >= 4 is 11.6 Å². The van der Waals surface area contributed by atoms with Gasteiger partial charge in [-0.3, -0.25) is 0 Å². The second-order valence-electron chi connectivity index (χ2n) is 3.26. The first kappa shape index (κ1) is 12.2. The predicted octanol–water partition coefficient (Wildman–Crippen LogP) is 2.79. The maximum atomic E-state index is 13.5. The summed E-state index contributed by atoms with van der Waals surface area (Å²) in [6, 6.07) is 2.71. The number of alkyl halides is 2. The summed E-state index contributed by atoms with van der Waals surface area (Å²) >= 11 is 5.72. The zero-order chi connectivity index (χ0) is 11.6. The number of benzene rings is 1. The van der Waals surface area contributed by atoms with Crippen molar-refractivity contribution in [1.29, 1.82) is 0 Å². The van der Waals surface area contributed by atoms with E-state index in [0.717, 1.165) is 0 Å². The smallest absolute Gasteiger partial charge is 0.289 e. The van der Waals surface area contributed by atoms with Gasteiger partial charge in [0.25, 0.3) is 5.92 Å². The van der Waals surface area contributed by atoms with Gasteiger partial charge in [0.1, 0.15) is 5.75 Å². The highest BCUT2D eigenvalue weighted by Gasteiger charge is 2.38. The average molecular weight is 236 g/mol. The molecule has 1 rings (SSSR count). The quantitative estimate of drug-likeness (QED) is 0.875. The molecule has 0 radical (unpaired) electrons. The minimum Gasteiger partial charge on any atom is -0.497 e. The number of methoxy groups -OCH3 is 1. The monoisotopic (exact) mass is 235 g/mol. The lowest BCUT2D eigenvalue weighted by Crippen LogP contribution is -2.36. The third kappa shape index (κ3) is 2.38. The van der Waals surface area contributed by atoms with Crippen molar-refractivity contribution in [3.63, 3.8) is 0 Å². The molecule has 0 aliphatic heterocycles. The van der Waals surface area contributed by atoms with E-state index < -0.39 is 12.0 Å². The van der Waals surface area contributed by atoms with Crippen LogP contribution in [0.3, 0.4) is 0 Å². The minimum absolute atomic E-state index is 0.0448. The van der Waals surface area contributed by atoms with Gasteiger partial charge >= 0.3 is 0 Å². The topological polar surface area (TPSA) is 35.2 Å². The standard InChI is InChI=1S/C10H12ClF2NO/c1-6(14)10(12,13)8-4-3-7(15-2)5-9(8)11/h3-6H,14H2,1-2H3. The zero-order valence-electron chi connectivity index (χ0n) is 8.43. The van der Waals surface area contributed by atoms with Gasteiger partial charge in [0.05, 0.1) is 18.2 Å². The zero-order valence-corrected chi connectivity index (χ0v) is 9.18. The van der Waals surface area contributed by atoms with Gasteiger partial charge in [-0.2, -0.15) is 8.78 Å². The fourth-order valence-electron chi connectivity index (χ4n) is 1.14. The van der Waals surface area contributed by atoms with E-state index >= 15 is 0 Å². The third-order valence-electron chi connectivity index (χ3n) is 2.11. The number of hydrogen-bond donors (Lipinski definition) is 1. The fraction of sp³-hybridized carbons (Fsp3) is 0.400. The summed E-state index contributed by atoms with van der Waals surface area (Å²) in [4.78, 5) is 0. The molecule has 0 fully saturated rings. The van der Waals surface area contributed by atoms with Crippen LogP contribution < -0.4 is 10.5 Å². The van der Waals surface area contributed by atoms with Gasteiger partial charge in [0.2, 0.25) is 0 Å². The second-order valence-corrected chi connectivity index (χ2v) is 3.66. The molecular weight excluding hydrogens is 224 g/mol. The van der Waals surface area contributed by atoms with Crippen LogP contribution >= 0.6 is 11.6 Å². The lowest BCUT2D eigenvalue weighted by molar-refractivity contribution is -0.0255. The molecule has 0 saturated heterocycles. The molecule has 0 aliphatic rings. The summed E-state index contributed by atoms with van der Waals surface area (Å²) < 4.78 is 31.9. The molecule has 0 aliphatic carbocycles. The Balaban J connectivity index is 3.16. The third-order valence-corrected chi connectivity index (χ3v) is 2.42. The molecule has 2 nitrogen and oxygen atoms in total. The molecular formula is C10H12ClF2NO. The van der Waals surface area contributed by atoms with Crippen LogP contribution in [0.2, 0.25) is 5.02 Å². The molecule has 84 valence electrons. The first-order valence-corrected chi connectivity index (χ1v) is 4.74. The maximum Gasteiger partial charge on any atom is 0.289 e. The van der Waals surface area contributed by atoms with Crippen molar-refractivity contribution in [1.82, 2.24) is 0 Å². The number of halogens is 3. The number of rotatable bonds is 3. The van der Waals surface area contributed by atoms with Gasteiger partial charge in [-0.1, -0.05) is 11.6 Å². The Morgan fingerprint density at radius 2 is 2.07 bits per heavy atom. The lowest BCUT2D eigenvalue weighted by Gasteiger charge is -2.21. The van der Waals surface area contributed by atoms with E-state index in [1.54, 1.807) is 0 Å². The molecule has 0 amide bonds. The van der Waals surface area contributed by atoms with Gasteiger partial charge in [0, 0.05) is 5.56 Å². The Kier molecular flexibility index (Phi) is 3.52. The summed E-state index contributed by atoms with van der Waals surface area (Å²) in [5.41, 5.74) is 4.92. The van der Waals surface area contributed by atoms with E-state index in [1.165, 1.54) is 32.2 Å². The van der Waals surface area contributed by atoms with Gasteiger partial charge < -0.3 is 10.5 Å². The van der Waals surface area contributed by atoms with Crippen LogP contribution in [0, 0.1) is 0 Å². The number of hydrogen-bond acceptors (Lipinski definition) is 2. The van der Waals surface area contributed by atoms with E-state index in [1.807, 2.05) is 0 Å². The van der Waals surface area contributed by atoms with Gasteiger partial charge in [0.15, 0.2) is 0 Å². The summed E-state index contributed by atoms with van der Waals surface area (Å²) in [5, 5.41) is -0.0448. The normalized spacial score (nSPS) is 13.7. The van der Waals surface area contributed by atoms with E-state index in [9.17, 15) is 8.78 Å². The van der Waals surface area contributed by atoms with Crippen LogP contribution in [0.15, 0.2) is 18.2 Å². The molecule has 0 spiro atoms. The second kappa shape index (κ2) is 4.33. The van der Waals surface area contributed by atoms with Crippen molar-refractivity contribution in [2.75, 3.05) is 7.11 Å². The molecule has 2 N–H and O–H groups in total. The molecule has 0 aromatic heterocycles. The Hall–Kier alpha value is -0.870. The first-order valence-electron chi connectivity index (χ1n) is 4.37. The van der Waals surface area contributed by atoms with E-state index in [-0.39, 0.29) is 10.6 Å². The highest BCUT2D eigenvalue weighted by atomic mass is 35.5. The Morgan fingerprint density at radius 1 is 1.47 bits per heavy atom. The van der Waals surface area contributed by atoms with Crippen molar-refractivity contribution in [3.8, 4) is 5.75 Å². The van der Waals surface area contributed by atoms with Crippen LogP contribution in [-0.4, -0.2) is 13.2 Å². The van der Waals surface area contributed by atoms with Gasteiger partial charge in [-0.05, 0) is 25.1 Å². The van der Waals surface area contributed by atoms with E-state index in [0.29, 0.717) is 5.75 Å². The molecule has 0 heterocycles. The fourth-order valence-corrected chi connectivity index (χ4v) is 1.43. The Labute approximate surface area is 92.0 Å². The van der Waals surface area contributed by atoms with Crippen molar-refractivity contribution < 1.29 is 13.5 Å². The predicted molar refractivity (Wildman–Crippen MR) is 55.5 cm³/mol. The van der Waals surface area contributed by atoms with Gasteiger partial charge in [-0.25, -0.2) is 0 Å². The largest absolute Gasteiger partial charge is 0.497 e. The van der Waals surface area contributed by atoms with Gasteiger partial charge in [-0.15, -0.1) is 0 Å². The van der Waals surface area contributed by atoms with Crippen LogP contribution in [0.5, 0.6) is 5.75 Å². The lowest BCUT2D eigenvalue weighted by atomic mass is 10.0. The highest BCUT2D eigenvalue weighted by Crippen LogP contribution is 2.37. The van der Waals surface area contributed by atoms with E-state index in [4.69, 9.17) is 22.1 Å². The van der Waals surface area contributed by atoms with Crippen molar-refractivity contribution in [2.45, 2.75) is 18.9 Å². The Morgan fingerprint density at radius 3 is 2.47 bits per heavy atom. The summed E-state index contributed by atoms with van der Waals surface area (Å²) in [5.74, 6) is -2.70. The average Bonchev–Trinajstić information content (AvgIpc) is 2.16. The number of nitrogens with two attached hydrogens (primary N) is 1. The van der Waals surface area contributed by atoms with Crippen LogP contribution in [0.1, 0.15) is 12.5 Å². The Bertz CT molecular complexity index is 355. The van der Waals surface area contributed by atoms with Crippen LogP contribution in [-0.2, 0) is 5.92 Å². The first-order chi connectivity index (χ1) is 6.89. The molecule has 0 saturated carbocycles. The van der Waals surface area contributed by atoms with Crippen molar-refractivity contribution in [3.05, 3.63) is 28.8 Å². The number of ether oxygens (including phenoxy) is 1. The van der Waals surface area contributed by atoms with Crippen LogP contribution in [0.4, 0.5) is 8.78 Å². The molecule has 1 atom stereocenters. The molecule has 1 unspecified atom stereocenters. The summed E-state index contributed by atoms with van der Waals surface area (Å²) in [6.07, 6.45) is 0. The van der Waals surface area contributed by atoms with E-state index in [2.05, 4.69) is 0 Å². The molecule has 1 aromatic rings. The molecule has 0 bridgehead atoms. The SMILES string of the molecule is COc1ccc(C(F)(F)C(C)N)c(Cl)c1. The minimum atomic E-state index is -3.14. The molecule has 1 aromatic carbocycles. The summed E-state index contributed by atoms with van der Waals surface area (Å²) in [7, 11) is 1.44.